The van der Waals surface area contributed by atoms with Gasteiger partial charge in [0.2, 0.25) is 17.7 Å². The molecule has 0 saturated heterocycles. The maximum absolute atomic E-state index is 12.9. The van der Waals surface area contributed by atoms with E-state index in [0.29, 0.717) is 15.5 Å². The molecule has 1 aliphatic rings. The van der Waals surface area contributed by atoms with Crippen LogP contribution in [0.1, 0.15) is 36.1 Å². The summed E-state index contributed by atoms with van der Waals surface area (Å²) in [6.45, 7) is 11.9. The van der Waals surface area contributed by atoms with E-state index in [1.807, 2.05) is 83.2 Å². The van der Waals surface area contributed by atoms with E-state index in [-0.39, 0.29) is 46.9 Å². The van der Waals surface area contributed by atoms with Crippen LogP contribution in [0.25, 0.3) is 0 Å². The molecule has 3 N–H and O–H groups in total. The van der Waals surface area contributed by atoms with Crippen LogP contribution in [-0.4, -0.2) is 56.0 Å². The van der Waals surface area contributed by atoms with Crippen molar-refractivity contribution >= 4 is 64.4 Å². The van der Waals surface area contributed by atoms with Crippen LogP contribution in [0.4, 0.5) is 11.4 Å². The highest BCUT2D eigenvalue weighted by molar-refractivity contribution is 8.01. The summed E-state index contributed by atoms with van der Waals surface area (Å²) in [6.07, 6.45) is 6.08. The monoisotopic (exact) mass is 662 g/mol. The van der Waals surface area contributed by atoms with Crippen LogP contribution >= 0.6 is 35.3 Å². The zero-order valence-corrected chi connectivity index (χ0v) is 28.7. The molecule has 3 amide bonds. The van der Waals surface area contributed by atoms with E-state index in [4.69, 9.17) is 0 Å². The summed E-state index contributed by atoms with van der Waals surface area (Å²) >= 11 is 3.54. The predicted octanol–water partition coefficient (Wildman–Crippen LogP) is 6.30. The van der Waals surface area contributed by atoms with Crippen LogP contribution in [0.5, 0.6) is 0 Å². The lowest BCUT2D eigenvalue weighted by Gasteiger charge is -2.26. The van der Waals surface area contributed by atoms with Gasteiger partial charge in [-0.05, 0) is 62.8 Å². The highest BCUT2D eigenvalue weighted by atomic mass is 32.2. The lowest BCUT2D eigenvalue weighted by Crippen LogP contribution is -2.41. The summed E-state index contributed by atoms with van der Waals surface area (Å²) in [7, 11) is 0. The van der Waals surface area contributed by atoms with E-state index >= 15 is 0 Å². The second kappa shape index (κ2) is 16.1. The molecule has 0 unspecified atom stereocenters. The number of rotatable bonds is 12. The molecule has 1 aromatic heterocycles. The smallest absolute Gasteiger partial charge is 0.234 e. The second-order valence-corrected chi connectivity index (χ2v) is 13.7. The van der Waals surface area contributed by atoms with Gasteiger partial charge in [0.15, 0.2) is 15.5 Å². The Morgan fingerprint density at radius 3 is 1.47 bits per heavy atom. The summed E-state index contributed by atoms with van der Waals surface area (Å²) in [6, 6.07) is 11.6. The number of aryl methyl sites for hydroxylation is 4. The highest BCUT2D eigenvalue weighted by Crippen LogP contribution is 2.26. The number of carbonyl (C=O) groups is 3. The number of nitrogens with zero attached hydrogens (tertiary/aromatic N) is 3. The fourth-order valence-corrected chi connectivity index (χ4v) is 6.84. The summed E-state index contributed by atoms with van der Waals surface area (Å²) in [4.78, 5) is 52.1. The molecule has 2 atom stereocenters. The number of allylic oxidation sites excluding steroid dienone is 2. The number of benzene rings is 2. The van der Waals surface area contributed by atoms with Gasteiger partial charge in [-0.15, -0.1) is 0 Å². The average molecular weight is 663 g/mol. The van der Waals surface area contributed by atoms with Gasteiger partial charge in [0.25, 0.3) is 0 Å². The van der Waals surface area contributed by atoms with Gasteiger partial charge in [0, 0.05) is 11.4 Å². The first-order chi connectivity index (χ1) is 21.5. The molecule has 0 fully saturated rings. The first-order valence-corrected chi connectivity index (χ1v) is 17.5. The number of aromatic nitrogens is 3. The van der Waals surface area contributed by atoms with E-state index in [2.05, 4.69) is 43.9 Å². The van der Waals surface area contributed by atoms with Gasteiger partial charge in [-0.2, -0.15) is 15.0 Å². The van der Waals surface area contributed by atoms with Crippen molar-refractivity contribution in [1.29, 1.82) is 0 Å². The van der Waals surface area contributed by atoms with Gasteiger partial charge in [-0.1, -0.05) is 102 Å². The van der Waals surface area contributed by atoms with Crippen LogP contribution in [-0.2, 0) is 14.4 Å². The molecule has 9 nitrogen and oxygen atoms in total. The molecule has 0 bridgehead atoms. The summed E-state index contributed by atoms with van der Waals surface area (Å²) in [5, 5.41) is 10.1. The minimum absolute atomic E-state index is 0.0653. The van der Waals surface area contributed by atoms with Crippen molar-refractivity contribution in [3.05, 3.63) is 82.5 Å². The van der Waals surface area contributed by atoms with Crippen molar-refractivity contribution in [2.24, 2.45) is 5.92 Å². The number of nitrogens with one attached hydrogen (secondary N) is 3. The molecule has 1 aliphatic carbocycles. The van der Waals surface area contributed by atoms with E-state index in [1.165, 1.54) is 35.3 Å². The molecular weight excluding hydrogens is 625 g/mol. The van der Waals surface area contributed by atoms with Gasteiger partial charge >= 0.3 is 0 Å². The zero-order chi connectivity index (χ0) is 32.5. The van der Waals surface area contributed by atoms with Gasteiger partial charge in [0.1, 0.15) is 0 Å². The number of amides is 3. The van der Waals surface area contributed by atoms with Crippen molar-refractivity contribution in [1.82, 2.24) is 20.3 Å². The van der Waals surface area contributed by atoms with Gasteiger partial charge in [-0.3, -0.25) is 14.4 Å². The number of thioether (sulfide) groups is 3. The van der Waals surface area contributed by atoms with Crippen LogP contribution in [0.3, 0.4) is 0 Å². The third-order valence-corrected chi connectivity index (χ3v) is 9.71. The Kier molecular flexibility index (Phi) is 12.3. The van der Waals surface area contributed by atoms with E-state index in [0.717, 1.165) is 39.2 Å². The predicted molar refractivity (Wildman–Crippen MR) is 185 cm³/mol. The maximum atomic E-state index is 12.9. The van der Waals surface area contributed by atoms with Crippen LogP contribution in [0.15, 0.2) is 75.7 Å². The van der Waals surface area contributed by atoms with E-state index < -0.39 is 0 Å². The summed E-state index contributed by atoms with van der Waals surface area (Å²) in [5.41, 5.74) is 6.60. The van der Waals surface area contributed by atoms with Crippen LogP contribution < -0.4 is 16.0 Å². The Morgan fingerprint density at radius 1 is 0.667 bits per heavy atom. The van der Waals surface area contributed by atoms with E-state index in [9.17, 15) is 14.4 Å². The number of hydrogen-bond donors (Lipinski definition) is 3. The molecule has 236 valence electrons. The molecule has 0 spiro atoms. The van der Waals surface area contributed by atoms with Gasteiger partial charge < -0.3 is 16.0 Å². The second-order valence-electron chi connectivity index (χ2n) is 10.9. The molecule has 2 aromatic carbocycles. The standard InChI is InChI=1S/C33H38N6O3S3/c1-19-10-7-11-20(2)28(19)34-25(40)16-43-31-37-32(44-17-26(41)35-29-21(3)12-8-13-22(29)4)39-33(38-31)45-18-27(42)36-30-23(5)14-9-15-24(30)6/h7-15,19,28H,16-18H2,1-6H3,(H,34,40)(H,35,41)(H,36,42)/t19-,28-/m0/s1. The lowest BCUT2D eigenvalue weighted by molar-refractivity contribution is -0.119. The Labute approximate surface area is 277 Å². The Morgan fingerprint density at radius 2 is 1.07 bits per heavy atom. The first kappa shape index (κ1) is 34.3. The largest absolute Gasteiger partial charge is 0.348 e. The normalized spacial score (nSPS) is 15.7. The number of para-hydroxylation sites is 2. The van der Waals surface area contributed by atoms with Crippen molar-refractivity contribution in [2.75, 3.05) is 27.9 Å². The van der Waals surface area contributed by atoms with Crippen molar-refractivity contribution < 1.29 is 14.4 Å². The molecule has 3 aromatic rings. The minimum atomic E-state index is -0.187. The third-order valence-electron chi connectivity index (χ3n) is 7.17. The highest BCUT2D eigenvalue weighted by Gasteiger charge is 2.22. The molecule has 12 heteroatoms. The fourth-order valence-electron chi connectivity index (χ4n) is 4.75. The summed E-state index contributed by atoms with van der Waals surface area (Å²) < 4.78 is 0. The average Bonchev–Trinajstić information content (AvgIpc) is 3.00. The molecule has 45 heavy (non-hydrogen) atoms. The molecule has 0 radical (unpaired) electrons. The quantitative estimate of drug-likeness (QED) is 0.192. The zero-order valence-electron chi connectivity index (χ0n) is 26.3. The molecular formula is C33H38N6O3S3. The lowest BCUT2D eigenvalue weighted by atomic mass is 9.91. The molecule has 1 heterocycles. The third kappa shape index (κ3) is 9.94. The minimum Gasteiger partial charge on any atom is -0.348 e. The van der Waals surface area contributed by atoms with Gasteiger partial charge in [0.05, 0.1) is 23.3 Å². The fraction of sp³-hybridized carbons (Fsp3) is 0.333. The van der Waals surface area contributed by atoms with Gasteiger partial charge in [-0.25, -0.2) is 0 Å². The molecule has 0 saturated carbocycles. The first-order valence-electron chi connectivity index (χ1n) is 14.5. The maximum Gasteiger partial charge on any atom is 0.234 e. The number of anilines is 2. The Balaban J connectivity index is 1.44. The number of carbonyl (C=O) groups excluding carboxylic acids is 3. The van der Waals surface area contributed by atoms with Crippen LogP contribution in [0, 0.1) is 33.6 Å². The number of hydrogen-bond acceptors (Lipinski definition) is 9. The van der Waals surface area contributed by atoms with Crippen molar-refractivity contribution in [3.63, 3.8) is 0 Å². The molecule has 4 rings (SSSR count). The van der Waals surface area contributed by atoms with E-state index in [1.54, 1.807) is 0 Å². The van der Waals surface area contributed by atoms with Crippen molar-refractivity contribution in [2.45, 2.75) is 63.1 Å². The Bertz CT molecular complexity index is 1510. The summed E-state index contributed by atoms with van der Waals surface area (Å²) in [5.74, 6) is -0.0454. The van der Waals surface area contributed by atoms with Crippen molar-refractivity contribution in [3.8, 4) is 0 Å². The molecule has 0 aliphatic heterocycles. The van der Waals surface area contributed by atoms with Crippen LogP contribution in [0.2, 0.25) is 0 Å². The Hall–Kier alpha value is -3.61. The SMILES string of the molecule is CC1=CC=C[C@H](C)[C@@H]1NC(=O)CSc1nc(SCC(=O)Nc2c(C)cccc2C)nc(SCC(=O)Nc2c(C)cccc2C)n1. The topological polar surface area (TPSA) is 126 Å².